The molecule has 3 rings (SSSR count). The number of fused-ring (bicyclic) bond motifs is 1. The van der Waals surface area contributed by atoms with Crippen molar-refractivity contribution in [1.29, 1.82) is 0 Å². The minimum absolute atomic E-state index is 0.216. The summed E-state index contributed by atoms with van der Waals surface area (Å²) < 4.78 is 49.7. The Balaban J connectivity index is 1.71. The van der Waals surface area contributed by atoms with E-state index in [4.69, 9.17) is 9.47 Å². The van der Waals surface area contributed by atoms with Crippen molar-refractivity contribution < 1.29 is 27.4 Å². The lowest BCUT2D eigenvalue weighted by atomic mass is 10.1. The topological polar surface area (TPSA) is 38.8 Å². The molecule has 0 aliphatic carbocycles. The Morgan fingerprint density at radius 1 is 1.11 bits per heavy atom. The molecule has 7 heteroatoms. The molecule has 0 N–H and O–H groups in total. The first-order valence-electron chi connectivity index (χ1n) is 8.73. The zero-order valence-corrected chi connectivity index (χ0v) is 14.8. The van der Waals surface area contributed by atoms with Crippen LogP contribution in [-0.4, -0.2) is 36.6 Å². The fraction of sp³-hybridized carbons (Fsp3) is 0.350. The molecule has 1 amide bonds. The van der Waals surface area contributed by atoms with Crippen molar-refractivity contribution in [3.63, 3.8) is 0 Å². The van der Waals surface area contributed by atoms with E-state index in [0.717, 1.165) is 18.6 Å². The molecule has 0 fully saturated rings. The molecule has 1 aliphatic heterocycles. The van der Waals surface area contributed by atoms with Crippen LogP contribution in [0.1, 0.15) is 29.3 Å². The molecule has 144 valence electrons. The molecule has 0 aromatic heterocycles. The van der Waals surface area contributed by atoms with Gasteiger partial charge in [0.1, 0.15) is 6.61 Å². The van der Waals surface area contributed by atoms with Crippen molar-refractivity contribution in [2.24, 2.45) is 0 Å². The third kappa shape index (κ3) is 4.53. The van der Waals surface area contributed by atoms with Crippen molar-refractivity contribution >= 4 is 5.91 Å². The van der Waals surface area contributed by atoms with E-state index in [1.807, 2.05) is 25.1 Å². The van der Waals surface area contributed by atoms with Gasteiger partial charge in [0, 0.05) is 12.1 Å². The molecule has 1 heterocycles. The van der Waals surface area contributed by atoms with Gasteiger partial charge in [0.2, 0.25) is 0 Å². The lowest BCUT2D eigenvalue weighted by molar-refractivity contribution is -0.137. The predicted molar refractivity (Wildman–Crippen MR) is 94.0 cm³/mol. The zero-order valence-electron chi connectivity index (χ0n) is 14.8. The van der Waals surface area contributed by atoms with E-state index >= 15 is 0 Å². The van der Waals surface area contributed by atoms with Gasteiger partial charge in [0.15, 0.2) is 17.6 Å². The number of alkyl halides is 3. The van der Waals surface area contributed by atoms with Crippen molar-refractivity contribution in [1.82, 2.24) is 4.90 Å². The minimum atomic E-state index is -4.43. The maximum atomic E-state index is 12.8. The standard InChI is InChI=1S/C20H20F3NO3/c1-2-11-24(12-16-13-26-17-5-3-4-6-18(17)27-16)19(25)14-7-9-15(10-8-14)20(21,22)23/h3-10,16H,2,11-13H2,1H3. The highest BCUT2D eigenvalue weighted by Gasteiger charge is 2.31. The molecule has 1 unspecified atom stereocenters. The lowest BCUT2D eigenvalue weighted by Crippen LogP contribution is -2.44. The number of rotatable bonds is 5. The van der Waals surface area contributed by atoms with Gasteiger partial charge in [-0.3, -0.25) is 4.79 Å². The number of benzene rings is 2. The fourth-order valence-corrected chi connectivity index (χ4v) is 2.93. The van der Waals surface area contributed by atoms with Crippen LogP contribution in [0, 0.1) is 0 Å². The first kappa shape index (κ1) is 19.1. The molecule has 0 spiro atoms. The summed E-state index contributed by atoms with van der Waals surface area (Å²) in [5.41, 5.74) is -0.560. The second-order valence-corrected chi connectivity index (χ2v) is 6.32. The van der Waals surface area contributed by atoms with Gasteiger partial charge in [-0.15, -0.1) is 0 Å². The van der Waals surface area contributed by atoms with Crippen LogP contribution < -0.4 is 9.47 Å². The highest BCUT2D eigenvalue weighted by Crippen LogP contribution is 2.31. The van der Waals surface area contributed by atoms with Crippen LogP contribution in [0.15, 0.2) is 48.5 Å². The van der Waals surface area contributed by atoms with Crippen LogP contribution in [0.25, 0.3) is 0 Å². The maximum Gasteiger partial charge on any atom is 0.416 e. The number of ether oxygens (including phenoxy) is 2. The minimum Gasteiger partial charge on any atom is -0.486 e. The van der Waals surface area contributed by atoms with Gasteiger partial charge < -0.3 is 14.4 Å². The molecular weight excluding hydrogens is 359 g/mol. The number of carbonyl (C=O) groups is 1. The molecule has 0 radical (unpaired) electrons. The number of para-hydroxylation sites is 2. The number of carbonyl (C=O) groups excluding carboxylic acids is 1. The quantitative estimate of drug-likeness (QED) is 0.773. The second-order valence-electron chi connectivity index (χ2n) is 6.32. The average molecular weight is 379 g/mol. The third-order valence-electron chi connectivity index (χ3n) is 4.23. The number of halogens is 3. The van der Waals surface area contributed by atoms with Crippen molar-refractivity contribution in [2.75, 3.05) is 19.7 Å². The number of hydrogen-bond acceptors (Lipinski definition) is 3. The summed E-state index contributed by atoms with van der Waals surface area (Å²) in [7, 11) is 0. The number of amides is 1. The molecule has 2 aromatic rings. The molecule has 4 nitrogen and oxygen atoms in total. The molecule has 0 saturated carbocycles. The summed E-state index contributed by atoms with van der Waals surface area (Å²) in [6.45, 7) is 3.00. The summed E-state index contributed by atoms with van der Waals surface area (Å²) in [5, 5.41) is 0. The molecule has 0 saturated heterocycles. The second kappa shape index (κ2) is 7.90. The Hall–Kier alpha value is -2.70. The van der Waals surface area contributed by atoms with Crippen LogP contribution in [-0.2, 0) is 6.18 Å². The van der Waals surface area contributed by atoms with Gasteiger partial charge in [0.25, 0.3) is 5.91 Å². The Labute approximate surface area is 155 Å². The van der Waals surface area contributed by atoms with Crippen LogP contribution >= 0.6 is 0 Å². The molecule has 1 atom stereocenters. The van der Waals surface area contributed by atoms with Gasteiger partial charge >= 0.3 is 6.18 Å². The van der Waals surface area contributed by atoms with E-state index in [1.54, 1.807) is 11.0 Å². The normalized spacial score (nSPS) is 16.1. The Bertz CT molecular complexity index is 790. The molecule has 2 aromatic carbocycles. The van der Waals surface area contributed by atoms with Gasteiger partial charge in [-0.2, -0.15) is 13.2 Å². The summed E-state index contributed by atoms with van der Waals surface area (Å²) in [6.07, 6.45) is -4.05. The van der Waals surface area contributed by atoms with E-state index in [2.05, 4.69) is 0 Å². The predicted octanol–water partition coefficient (Wildman–Crippen LogP) is 4.40. The first-order valence-corrected chi connectivity index (χ1v) is 8.73. The van der Waals surface area contributed by atoms with Crippen molar-refractivity contribution in [2.45, 2.75) is 25.6 Å². The monoisotopic (exact) mass is 379 g/mol. The van der Waals surface area contributed by atoms with Gasteiger partial charge in [-0.25, -0.2) is 0 Å². The fourth-order valence-electron chi connectivity index (χ4n) is 2.93. The van der Waals surface area contributed by atoms with Gasteiger partial charge in [-0.05, 0) is 42.8 Å². The largest absolute Gasteiger partial charge is 0.486 e. The summed E-state index contributed by atoms with van der Waals surface area (Å²) in [4.78, 5) is 14.4. The lowest BCUT2D eigenvalue weighted by Gasteiger charge is -2.31. The van der Waals surface area contributed by atoms with E-state index in [9.17, 15) is 18.0 Å². The number of hydrogen-bond donors (Lipinski definition) is 0. The SMILES string of the molecule is CCCN(CC1COc2ccccc2O1)C(=O)c1ccc(C(F)(F)F)cc1. The molecular formula is C20H20F3NO3. The van der Waals surface area contributed by atoms with Crippen molar-refractivity contribution in [3.05, 3.63) is 59.7 Å². The summed E-state index contributed by atoms with van der Waals surface area (Å²) in [5.74, 6) is 0.949. The third-order valence-corrected chi connectivity index (χ3v) is 4.23. The van der Waals surface area contributed by atoms with Crippen LogP contribution in [0.3, 0.4) is 0 Å². The molecule has 1 aliphatic rings. The van der Waals surface area contributed by atoms with Crippen molar-refractivity contribution in [3.8, 4) is 11.5 Å². The van der Waals surface area contributed by atoms with E-state index in [-0.39, 0.29) is 17.6 Å². The summed E-state index contributed by atoms with van der Waals surface area (Å²) in [6, 6.07) is 11.6. The molecule has 0 bridgehead atoms. The number of nitrogens with zero attached hydrogens (tertiary/aromatic N) is 1. The van der Waals surface area contributed by atoms with Crippen LogP contribution in [0.2, 0.25) is 0 Å². The summed E-state index contributed by atoms with van der Waals surface area (Å²) >= 11 is 0. The Morgan fingerprint density at radius 2 is 1.78 bits per heavy atom. The van der Waals surface area contributed by atoms with Gasteiger partial charge in [0.05, 0.1) is 12.1 Å². The highest BCUT2D eigenvalue weighted by atomic mass is 19.4. The van der Waals surface area contributed by atoms with Gasteiger partial charge in [-0.1, -0.05) is 19.1 Å². The molecule has 27 heavy (non-hydrogen) atoms. The van der Waals surface area contributed by atoms with E-state index in [0.29, 0.717) is 31.2 Å². The Kier molecular flexibility index (Phi) is 5.58. The first-order chi connectivity index (χ1) is 12.9. The van der Waals surface area contributed by atoms with Crippen LogP contribution in [0.5, 0.6) is 11.5 Å². The average Bonchev–Trinajstić information content (AvgIpc) is 2.66. The Morgan fingerprint density at radius 3 is 2.41 bits per heavy atom. The van der Waals surface area contributed by atoms with E-state index < -0.39 is 11.7 Å². The smallest absolute Gasteiger partial charge is 0.416 e. The zero-order chi connectivity index (χ0) is 19.4. The highest BCUT2D eigenvalue weighted by molar-refractivity contribution is 5.94. The van der Waals surface area contributed by atoms with E-state index in [1.165, 1.54) is 12.1 Å². The maximum absolute atomic E-state index is 12.8. The van der Waals surface area contributed by atoms with Crippen LogP contribution in [0.4, 0.5) is 13.2 Å².